The van der Waals surface area contributed by atoms with Gasteiger partial charge in [0.15, 0.2) is 6.29 Å². The van der Waals surface area contributed by atoms with Crippen LogP contribution in [0.15, 0.2) is 60.7 Å². The van der Waals surface area contributed by atoms with Crippen LogP contribution in [0.3, 0.4) is 0 Å². The molecule has 0 bridgehead atoms. The number of ether oxygens (including phenoxy) is 3. The summed E-state index contributed by atoms with van der Waals surface area (Å²) in [6.07, 6.45) is 5.35. The van der Waals surface area contributed by atoms with Crippen molar-refractivity contribution in [3.05, 3.63) is 83.3 Å². The van der Waals surface area contributed by atoms with E-state index in [9.17, 15) is 12.8 Å². The molecule has 1 aromatic heterocycles. The van der Waals surface area contributed by atoms with Crippen molar-refractivity contribution >= 4 is 22.0 Å². The first-order chi connectivity index (χ1) is 19.9. The van der Waals surface area contributed by atoms with Gasteiger partial charge in [-0.1, -0.05) is 56.3 Å². The van der Waals surface area contributed by atoms with Gasteiger partial charge in [-0.2, -0.15) is 0 Å². The average molecular weight is 598 g/mol. The van der Waals surface area contributed by atoms with Gasteiger partial charge in [0.05, 0.1) is 42.6 Å². The van der Waals surface area contributed by atoms with Crippen molar-refractivity contribution in [1.82, 2.24) is 9.97 Å². The number of benzene rings is 2. The molecule has 42 heavy (non-hydrogen) atoms. The largest absolute Gasteiger partial charge is 0.373 e. The molecule has 0 amide bonds. The highest BCUT2D eigenvalue weighted by atomic mass is 32.2. The van der Waals surface area contributed by atoms with E-state index in [4.69, 9.17) is 14.2 Å². The predicted molar refractivity (Wildman–Crippen MR) is 163 cm³/mol. The van der Waals surface area contributed by atoms with Crippen LogP contribution in [0.2, 0.25) is 0 Å². The summed E-state index contributed by atoms with van der Waals surface area (Å²) in [5.74, 6) is -0.396. The van der Waals surface area contributed by atoms with Crippen molar-refractivity contribution in [1.29, 1.82) is 0 Å². The van der Waals surface area contributed by atoms with Crippen molar-refractivity contribution in [3.8, 4) is 11.3 Å². The molecule has 1 fully saturated rings. The second-order valence-corrected chi connectivity index (χ2v) is 13.1. The zero-order valence-electron chi connectivity index (χ0n) is 25.0. The van der Waals surface area contributed by atoms with Crippen LogP contribution in [-0.4, -0.2) is 56.3 Å². The fourth-order valence-electron chi connectivity index (χ4n) is 4.71. The number of sulfonamides is 1. The quantitative estimate of drug-likeness (QED) is 0.255. The highest BCUT2D eigenvalue weighted by molar-refractivity contribution is 7.92. The molecule has 1 unspecified atom stereocenters. The molecule has 2 aromatic carbocycles. The van der Waals surface area contributed by atoms with E-state index in [0.717, 1.165) is 16.1 Å². The van der Waals surface area contributed by atoms with Crippen molar-refractivity contribution in [2.75, 3.05) is 17.6 Å². The number of halogens is 1. The van der Waals surface area contributed by atoms with Crippen molar-refractivity contribution < 1.29 is 27.0 Å². The molecule has 226 valence electrons. The third-order valence-electron chi connectivity index (χ3n) is 6.91. The molecule has 0 spiro atoms. The molecule has 0 N–H and O–H groups in total. The van der Waals surface area contributed by atoms with Crippen LogP contribution in [0.4, 0.5) is 10.3 Å². The van der Waals surface area contributed by atoms with Crippen molar-refractivity contribution in [3.63, 3.8) is 0 Å². The Kier molecular flexibility index (Phi) is 10.5. The van der Waals surface area contributed by atoms with Gasteiger partial charge in [-0.15, -0.1) is 0 Å². The lowest BCUT2D eigenvalue weighted by molar-refractivity contribution is -0.225. The number of rotatable bonds is 11. The SMILES string of the molecule is CC(C)OC1C[C@H](OCc2ccccc2)C[C@@H](/C=C/c2c(-c3ccc(F)cc3)nc(N(C)S(C)(=O)=O)nc2C(C)C)O1. The normalized spacial score (nSPS) is 19.6. The van der Waals surface area contributed by atoms with E-state index in [1.165, 1.54) is 19.2 Å². The van der Waals surface area contributed by atoms with Crippen LogP contribution < -0.4 is 4.31 Å². The number of hydrogen-bond donors (Lipinski definition) is 0. The molecule has 8 nitrogen and oxygen atoms in total. The molecule has 3 atom stereocenters. The van der Waals surface area contributed by atoms with Crippen LogP contribution >= 0.6 is 0 Å². The minimum absolute atomic E-state index is 0.0158. The lowest BCUT2D eigenvalue weighted by Crippen LogP contribution is -2.38. The summed E-state index contributed by atoms with van der Waals surface area (Å²) in [4.78, 5) is 9.31. The van der Waals surface area contributed by atoms with E-state index in [1.54, 1.807) is 12.1 Å². The average Bonchev–Trinajstić information content (AvgIpc) is 2.94. The van der Waals surface area contributed by atoms with Crippen LogP contribution in [0.25, 0.3) is 17.3 Å². The van der Waals surface area contributed by atoms with Crippen LogP contribution in [0, 0.1) is 5.82 Å². The summed E-state index contributed by atoms with van der Waals surface area (Å²) in [7, 11) is -2.20. The molecule has 3 aromatic rings. The first-order valence-electron chi connectivity index (χ1n) is 14.2. The molecule has 1 aliphatic heterocycles. The van der Waals surface area contributed by atoms with E-state index >= 15 is 0 Å². The number of hydrogen-bond acceptors (Lipinski definition) is 7. The van der Waals surface area contributed by atoms with Crippen LogP contribution in [0.5, 0.6) is 0 Å². The fourth-order valence-corrected chi connectivity index (χ4v) is 5.09. The van der Waals surface area contributed by atoms with Gasteiger partial charge in [-0.3, -0.25) is 0 Å². The third-order valence-corrected chi connectivity index (χ3v) is 8.07. The van der Waals surface area contributed by atoms with E-state index < -0.39 is 16.3 Å². The van der Waals surface area contributed by atoms with Gasteiger partial charge in [0.2, 0.25) is 16.0 Å². The van der Waals surface area contributed by atoms with Gasteiger partial charge >= 0.3 is 0 Å². The molecular weight excluding hydrogens is 557 g/mol. The Morgan fingerprint density at radius 1 is 1.05 bits per heavy atom. The van der Waals surface area contributed by atoms with Gasteiger partial charge in [0.25, 0.3) is 0 Å². The molecule has 0 saturated carbocycles. The summed E-state index contributed by atoms with van der Waals surface area (Å²) in [6.45, 7) is 8.40. The lowest BCUT2D eigenvalue weighted by atomic mass is 9.96. The summed E-state index contributed by atoms with van der Waals surface area (Å²) in [6, 6.07) is 16.0. The Morgan fingerprint density at radius 2 is 1.74 bits per heavy atom. The minimum Gasteiger partial charge on any atom is -0.373 e. The monoisotopic (exact) mass is 597 g/mol. The summed E-state index contributed by atoms with van der Waals surface area (Å²) in [5, 5.41) is 0. The smallest absolute Gasteiger partial charge is 0.239 e. The van der Waals surface area contributed by atoms with Gasteiger partial charge in [-0.25, -0.2) is 27.1 Å². The number of anilines is 1. The second-order valence-electron chi connectivity index (χ2n) is 11.1. The molecule has 10 heteroatoms. The number of aromatic nitrogens is 2. The highest BCUT2D eigenvalue weighted by Gasteiger charge is 2.30. The Hall–Kier alpha value is -3.18. The fraction of sp³-hybridized carbons (Fsp3) is 0.438. The maximum absolute atomic E-state index is 13.8. The predicted octanol–water partition coefficient (Wildman–Crippen LogP) is 6.33. The summed E-state index contributed by atoms with van der Waals surface area (Å²) < 4.78 is 58.2. The molecule has 2 heterocycles. The van der Waals surface area contributed by atoms with Crippen molar-refractivity contribution in [2.24, 2.45) is 0 Å². The third kappa shape index (κ3) is 8.44. The lowest BCUT2D eigenvalue weighted by Gasteiger charge is -2.35. The minimum atomic E-state index is -3.61. The van der Waals surface area contributed by atoms with Crippen LogP contribution in [0.1, 0.15) is 63.3 Å². The van der Waals surface area contributed by atoms with E-state index in [0.29, 0.717) is 42.0 Å². The summed E-state index contributed by atoms with van der Waals surface area (Å²) in [5.41, 5.74) is 3.60. The maximum atomic E-state index is 13.8. The van der Waals surface area contributed by atoms with E-state index in [2.05, 4.69) is 9.97 Å². The molecule has 0 radical (unpaired) electrons. The Morgan fingerprint density at radius 3 is 2.36 bits per heavy atom. The Bertz CT molecular complexity index is 1460. The van der Waals surface area contributed by atoms with Crippen molar-refractivity contribution in [2.45, 2.75) is 77.7 Å². The molecule has 1 saturated heterocycles. The standard InChI is InChI=1S/C32H40FN3O5S/c1-21(2)30-28(31(24-12-14-25(33)15-13-24)35-32(34-30)36(5)42(6,37)38)17-16-26-18-27(19-29(41-26)40-22(3)4)39-20-23-10-8-7-9-11-23/h7-17,21-22,26-27,29H,18-20H2,1-6H3/b17-16+/t26-,27-,29?/m1/s1. The zero-order valence-corrected chi connectivity index (χ0v) is 25.8. The van der Waals surface area contributed by atoms with Crippen LogP contribution in [-0.2, 0) is 30.8 Å². The topological polar surface area (TPSA) is 90.9 Å². The molecule has 0 aliphatic carbocycles. The first kappa shape index (κ1) is 31.7. The molecule has 1 aliphatic rings. The van der Waals surface area contributed by atoms with Gasteiger partial charge in [0, 0.05) is 31.0 Å². The highest BCUT2D eigenvalue weighted by Crippen LogP contribution is 2.33. The number of nitrogens with zero attached hydrogens (tertiary/aromatic N) is 3. The molecule has 4 rings (SSSR count). The van der Waals surface area contributed by atoms with Gasteiger partial charge in [0.1, 0.15) is 5.82 Å². The zero-order chi connectivity index (χ0) is 30.4. The van der Waals surface area contributed by atoms with E-state index in [1.807, 2.05) is 70.2 Å². The Labute approximate surface area is 248 Å². The van der Waals surface area contributed by atoms with E-state index in [-0.39, 0.29) is 36.0 Å². The second kappa shape index (κ2) is 13.9. The van der Waals surface area contributed by atoms with Gasteiger partial charge < -0.3 is 14.2 Å². The first-order valence-corrected chi connectivity index (χ1v) is 16.0. The summed E-state index contributed by atoms with van der Waals surface area (Å²) >= 11 is 0. The Balaban J connectivity index is 1.70. The maximum Gasteiger partial charge on any atom is 0.239 e. The molecular formula is C32H40FN3O5S. The van der Waals surface area contributed by atoms with Gasteiger partial charge in [-0.05, 0) is 49.6 Å².